The van der Waals surface area contributed by atoms with E-state index < -0.39 is 0 Å². The fraction of sp³-hybridized carbons (Fsp3) is 0.316. The van der Waals surface area contributed by atoms with E-state index in [1.165, 1.54) is 12.1 Å². The average Bonchev–Trinajstić information content (AvgIpc) is 3.06. The van der Waals surface area contributed by atoms with Gasteiger partial charge in [0, 0.05) is 25.6 Å². The molecule has 1 saturated heterocycles. The molecule has 1 atom stereocenters. The lowest BCUT2D eigenvalue weighted by Crippen LogP contribution is -2.29. The molecular weight excluding hydrogens is 291 g/mol. The average molecular weight is 312 g/mol. The number of benzene rings is 2. The van der Waals surface area contributed by atoms with Crippen molar-refractivity contribution in [1.29, 1.82) is 0 Å². The molecule has 23 heavy (non-hydrogen) atoms. The highest BCUT2D eigenvalue weighted by atomic mass is 19.1. The molecule has 1 heterocycles. The first-order valence-electron chi connectivity index (χ1n) is 7.97. The Hall–Kier alpha value is -2.20. The van der Waals surface area contributed by atoms with E-state index in [0.29, 0.717) is 25.4 Å². The van der Waals surface area contributed by atoms with E-state index in [1.54, 1.807) is 0 Å². The lowest BCUT2D eigenvalue weighted by Gasteiger charge is -2.17. The Morgan fingerprint density at radius 2 is 1.91 bits per heavy atom. The van der Waals surface area contributed by atoms with Gasteiger partial charge in [-0.3, -0.25) is 4.79 Å². The van der Waals surface area contributed by atoms with Crippen molar-refractivity contribution in [3.05, 3.63) is 71.0 Å². The molecule has 0 saturated carbocycles. The minimum Gasteiger partial charge on any atom is -0.342 e. The Morgan fingerprint density at radius 1 is 1.17 bits per heavy atom. The largest absolute Gasteiger partial charge is 0.342 e. The van der Waals surface area contributed by atoms with Gasteiger partial charge in [0.25, 0.3) is 0 Å². The second-order valence-electron chi connectivity index (χ2n) is 6.08. The Balaban J connectivity index is 1.61. The molecule has 2 N–H and O–H groups in total. The second-order valence-corrected chi connectivity index (χ2v) is 6.08. The highest BCUT2D eigenvalue weighted by molar-refractivity contribution is 5.79. The third-order valence-electron chi connectivity index (χ3n) is 4.46. The Labute approximate surface area is 135 Å². The summed E-state index contributed by atoms with van der Waals surface area (Å²) in [5, 5.41) is 0. The first-order valence-corrected chi connectivity index (χ1v) is 7.97. The number of halogens is 1. The normalized spacial score (nSPS) is 17.5. The number of carbonyl (C=O) groups is 1. The highest BCUT2D eigenvalue weighted by Gasteiger charge is 2.27. The zero-order valence-electron chi connectivity index (χ0n) is 13.0. The van der Waals surface area contributed by atoms with Crippen molar-refractivity contribution >= 4 is 5.91 Å². The van der Waals surface area contributed by atoms with Crippen LogP contribution in [-0.4, -0.2) is 23.9 Å². The lowest BCUT2D eigenvalue weighted by molar-refractivity contribution is -0.129. The number of likely N-dealkylation sites (tertiary alicyclic amines) is 1. The van der Waals surface area contributed by atoms with Crippen molar-refractivity contribution in [1.82, 2.24) is 4.90 Å². The van der Waals surface area contributed by atoms with Gasteiger partial charge < -0.3 is 10.6 Å². The van der Waals surface area contributed by atoms with Crippen LogP contribution in [0.15, 0.2) is 48.5 Å². The van der Waals surface area contributed by atoms with Crippen LogP contribution in [0.4, 0.5) is 4.39 Å². The van der Waals surface area contributed by atoms with Crippen molar-refractivity contribution < 1.29 is 9.18 Å². The fourth-order valence-corrected chi connectivity index (χ4v) is 3.15. The molecule has 120 valence electrons. The maximum absolute atomic E-state index is 13.0. The number of rotatable bonds is 4. The summed E-state index contributed by atoms with van der Waals surface area (Å²) in [5.41, 5.74) is 8.79. The lowest BCUT2D eigenvalue weighted by atomic mass is 9.98. The number of carbonyl (C=O) groups excluding carboxylic acids is 1. The van der Waals surface area contributed by atoms with Gasteiger partial charge in [0.2, 0.25) is 5.91 Å². The van der Waals surface area contributed by atoms with E-state index in [1.807, 2.05) is 41.3 Å². The fourth-order valence-electron chi connectivity index (χ4n) is 3.15. The van der Waals surface area contributed by atoms with Crippen LogP contribution in [0.3, 0.4) is 0 Å². The summed E-state index contributed by atoms with van der Waals surface area (Å²) < 4.78 is 13.0. The van der Waals surface area contributed by atoms with Crippen LogP contribution in [0.5, 0.6) is 0 Å². The van der Waals surface area contributed by atoms with E-state index in [-0.39, 0.29) is 11.7 Å². The molecular formula is C19H21FN2O. The highest BCUT2D eigenvalue weighted by Crippen LogP contribution is 2.27. The molecule has 0 radical (unpaired) electrons. The second kappa shape index (κ2) is 6.92. The molecule has 0 aliphatic carbocycles. The monoisotopic (exact) mass is 312 g/mol. The van der Waals surface area contributed by atoms with Crippen LogP contribution >= 0.6 is 0 Å². The Morgan fingerprint density at radius 3 is 2.65 bits per heavy atom. The molecule has 1 aliphatic rings. The van der Waals surface area contributed by atoms with Gasteiger partial charge in [0.05, 0.1) is 6.42 Å². The van der Waals surface area contributed by atoms with E-state index >= 15 is 0 Å². The molecule has 2 aromatic carbocycles. The standard InChI is InChI=1S/C19H21FN2O/c20-18-6-4-16(5-7-18)17-8-9-22(13-17)19(23)11-14-2-1-3-15(10-14)12-21/h1-7,10,17H,8-9,11-13,21H2/t17-/m0/s1. The maximum atomic E-state index is 13.0. The predicted octanol–water partition coefficient (Wildman–Crippen LogP) is 2.84. The smallest absolute Gasteiger partial charge is 0.227 e. The molecule has 2 aromatic rings. The van der Waals surface area contributed by atoms with Gasteiger partial charge in [-0.2, -0.15) is 0 Å². The topological polar surface area (TPSA) is 46.3 Å². The predicted molar refractivity (Wildman–Crippen MR) is 88.4 cm³/mol. The summed E-state index contributed by atoms with van der Waals surface area (Å²) in [6, 6.07) is 14.5. The Bertz CT molecular complexity index is 684. The van der Waals surface area contributed by atoms with Gasteiger partial charge in [-0.05, 0) is 35.2 Å². The number of nitrogens with two attached hydrogens (primary N) is 1. The first-order chi connectivity index (χ1) is 11.2. The van der Waals surface area contributed by atoms with Gasteiger partial charge in [0.15, 0.2) is 0 Å². The Kier molecular flexibility index (Phi) is 4.72. The SMILES string of the molecule is NCc1cccc(CC(=O)N2CC[C@H](c3ccc(F)cc3)C2)c1. The van der Waals surface area contributed by atoms with E-state index in [2.05, 4.69) is 0 Å². The zero-order valence-corrected chi connectivity index (χ0v) is 13.0. The van der Waals surface area contributed by atoms with E-state index in [4.69, 9.17) is 5.73 Å². The summed E-state index contributed by atoms with van der Waals surface area (Å²) in [7, 11) is 0. The molecule has 0 bridgehead atoms. The van der Waals surface area contributed by atoms with Crippen LogP contribution in [0.1, 0.15) is 29.0 Å². The van der Waals surface area contributed by atoms with Gasteiger partial charge in [-0.15, -0.1) is 0 Å². The van der Waals surface area contributed by atoms with Crippen molar-refractivity contribution in [3.8, 4) is 0 Å². The first kappa shape index (κ1) is 15.7. The van der Waals surface area contributed by atoms with E-state index in [9.17, 15) is 9.18 Å². The summed E-state index contributed by atoms with van der Waals surface area (Å²) in [4.78, 5) is 14.4. The molecule has 4 heteroatoms. The van der Waals surface area contributed by atoms with Gasteiger partial charge in [-0.1, -0.05) is 36.4 Å². The molecule has 3 rings (SSSR count). The molecule has 3 nitrogen and oxygen atoms in total. The van der Waals surface area contributed by atoms with Crippen LogP contribution in [0.2, 0.25) is 0 Å². The number of amides is 1. The van der Waals surface area contributed by atoms with Crippen LogP contribution in [0, 0.1) is 5.82 Å². The third kappa shape index (κ3) is 3.77. The summed E-state index contributed by atoms with van der Waals surface area (Å²) >= 11 is 0. The minimum atomic E-state index is -0.223. The van der Waals surface area contributed by atoms with Crippen molar-refractivity contribution in [2.45, 2.75) is 25.3 Å². The van der Waals surface area contributed by atoms with Crippen LogP contribution in [-0.2, 0) is 17.8 Å². The van der Waals surface area contributed by atoms with E-state index in [0.717, 1.165) is 29.7 Å². The molecule has 1 aliphatic heterocycles. The minimum absolute atomic E-state index is 0.142. The molecule has 1 amide bonds. The zero-order chi connectivity index (χ0) is 16.2. The molecule has 0 aromatic heterocycles. The molecule has 0 spiro atoms. The summed E-state index contributed by atoms with van der Waals surface area (Å²) in [5.74, 6) is 0.221. The van der Waals surface area contributed by atoms with Gasteiger partial charge in [-0.25, -0.2) is 4.39 Å². The quantitative estimate of drug-likeness (QED) is 0.943. The van der Waals surface area contributed by atoms with Crippen molar-refractivity contribution in [2.24, 2.45) is 5.73 Å². The van der Waals surface area contributed by atoms with Gasteiger partial charge in [0.1, 0.15) is 5.82 Å². The number of hydrogen-bond acceptors (Lipinski definition) is 2. The summed E-state index contributed by atoms with van der Waals surface area (Å²) in [6.07, 6.45) is 1.34. The van der Waals surface area contributed by atoms with Crippen molar-refractivity contribution in [2.75, 3.05) is 13.1 Å². The molecule has 0 unspecified atom stereocenters. The third-order valence-corrected chi connectivity index (χ3v) is 4.46. The molecule has 1 fully saturated rings. The summed E-state index contributed by atoms with van der Waals surface area (Å²) in [6.45, 7) is 1.96. The van der Waals surface area contributed by atoms with Crippen LogP contribution in [0.25, 0.3) is 0 Å². The van der Waals surface area contributed by atoms with Crippen LogP contribution < -0.4 is 5.73 Å². The maximum Gasteiger partial charge on any atom is 0.227 e. The van der Waals surface area contributed by atoms with Gasteiger partial charge >= 0.3 is 0 Å². The number of nitrogens with zero attached hydrogens (tertiary/aromatic N) is 1. The number of hydrogen-bond donors (Lipinski definition) is 1. The van der Waals surface area contributed by atoms with Crippen molar-refractivity contribution in [3.63, 3.8) is 0 Å².